The summed E-state index contributed by atoms with van der Waals surface area (Å²) in [4.78, 5) is 21.8. The minimum Gasteiger partial charge on any atom is -0.488 e. The molecule has 1 aliphatic rings. The molecule has 0 saturated heterocycles. The van der Waals surface area contributed by atoms with Crippen molar-refractivity contribution in [2.24, 2.45) is 4.99 Å². The van der Waals surface area contributed by atoms with E-state index in [1.54, 1.807) is 11.3 Å². The number of esters is 1. The van der Waals surface area contributed by atoms with Crippen molar-refractivity contribution in [2.75, 3.05) is 13.2 Å². The Morgan fingerprint density at radius 1 is 0.927 bits per heavy atom. The molecule has 5 nitrogen and oxygen atoms in total. The van der Waals surface area contributed by atoms with E-state index in [2.05, 4.69) is 59.5 Å². The van der Waals surface area contributed by atoms with Gasteiger partial charge in [-0.15, -0.1) is 11.3 Å². The molecule has 41 heavy (non-hydrogen) atoms. The highest BCUT2D eigenvalue weighted by Crippen LogP contribution is 2.40. The van der Waals surface area contributed by atoms with E-state index in [1.807, 2.05) is 55.6 Å². The van der Waals surface area contributed by atoms with Crippen LogP contribution in [0.5, 0.6) is 5.75 Å². The predicted octanol–water partition coefficient (Wildman–Crippen LogP) is 7.97. The van der Waals surface area contributed by atoms with Gasteiger partial charge in [0.2, 0.25) is 0 Å². The number of rotatable bonds is 9. The third-order valence-electron chi connectivity index (χ3n) is 7.32. The maximum absolute atomic E-state index is 13.2. The highest BCUT2D eigenvalue weighted by atomic mass is 32.1. The smallest absolute Gasteiger partial charge is 0.341 e. The molecule has 6 heteroatoms. The summed E-state index contributed by atoms with van der Waals surface area (Å²) in [5.74, 6) is 0.455. The van der Waals surface area contributed by atoms with E-state index < -0.39 is 0 Å². The van der Waals surface area contributed by atoms with E-state index in [4.69, 9.17) is 14.5 Å². The molecule has 0 radical (unpaired) electrons. The number of thiophene rings is 1. The van der Waals surface area contributed by atoms with Crippen LogP contribution in [0.4, 0.5) is 5.00 Å². The zero-order valence-electron chi connectivity index (χ0n) is 23.1. The summed E-state index contributed by atoms with van der Waals surface area (Å²) < 4.78 is 11.8. The van der Waals surface area contributed by atoms with Crippen molar-refractivity contribution in [3.8, 4) is 5.75 Å². The Morgan fingerprint density at radius 2 is 1.66 bits per heavy atom. The predicted molar refractivity (Wildman–Crippen MR) is 167 cm³/mol. The van der Waals surface area contributed by atoms with Crippen LogP contribution in [-0.2, 0) is 30.9 Å². The average molecular weight is 561 g/mol. The molecule has 0 aliphatic carbocycles. The number of nitrogens with zero attached hydrogens (tertiary/aromatic N) is 2. The summed E-state index contributed by atoms with van der Waals surface area (Å²) >= 11 is 1.59. The zero-order chi connectivity index (χ0) is 28.0. The molecule has 0 amide bonds. The van der Waals surface area contributed by atoms with Crippen molar-refractivity contribution in [1.82, 2.24) is 4.90 Å². The van der Waals surface area contributed by atoms with Gasteiger partial charge in [0.15, 0.2) is 0 Å². The fourth-order valence-electron chi connectivity index (χ4n) is 5.32. The van der Waals surface area contributed by atoms with Gasteiger partial charge in [0.25, 0.3) is 0 Å². The van der Waals surface area contributed by atoms with Crippen LogP contribution in [0.25, 0.3) is 10.8 Å². The van der Waals surface area contributed by atoms with Crippen molar-refractivity contribution in [3.05, 3.63) is 130 Å². The van der Waals surface area contributed by atoms with Gasteiger partial charge in [-0.2, -0.15) is 0 Å². The number of benzene rings is 4. The fourth-order valence-corrected chi connectivity index (χ4v) is 6.54. The first-order valence-corrected chi connectivity index (χ1v) is 14.8. The van der Waals surface area contributed by atoms with Crippen molar-refractivity contribution >= 4 is 39.3 Å². The highest BCUT2D eigenvalue weighted by Gasteiger charge is 2.28. The van der Waals surface area contributed by atoms with Crippen LogP contribution >= 0.6 is 11.3 Å². The molecule has 1 aromatic heterocycles. The summed E-state index contributed by atoms with van der Waals surface area (Å²) in [5, 5.41) is 2.85. The monoisotopic (exact) mass is 560 g/mol. The molecule has 0 spiro atoms. The zero-order valence-corrected chi connectivity index (χ0v) is 23.9. The largest absolute Gasteiger partial charge is 0.488 e. The second-order valence-electron chi connectivity index (χ2n) is 10.1. The molecule has 0 unspecified atom stereocenters. The van der Waals surface area contributed by atoms with E-state index in [0.29, 0.717) is 23.8 Å². The van der Waals surface area contributed by atoms with Crippen LogP contribution in [0.3, 0.4) is 0 Å². The maximum Gasteiger partial charge on any atom is 0.341 e. The lowest BCUT2D eigenvalue weighted by Crippen LogP contribution is -2.29. The minimum atomic E-state index is -0.299. The van der Waals surface area contributed by atoms with Crippen molar-refractivity contribution < 1.29 is 14.3 Å². The lowest BCUT2D eigenvalue weighted by atomic mass is 10.0. The Bertz CT molecular complexity index is 1680. The van der Waals surface area contributed by atoms with Gasteiger partial charge in [-0.1, -0.05) is 91.0 Å². The third kappa shape index (κ3) is 6.09. The summed E-state index contributed by atoms with van der Waals surface area (Å²) in [7, 11) is 0. The molecule has 0 fully saturated rings. The Labute approximate surface area is 244 Å². The number of carbonyl (C=O) groups excluding carboxylic acids is 1. The number of carbonyl (C=O) groups is 1. The van der Waals surface area contributed by atoms with Crippen molar-refractivity contribution in [2.45, 2.75) is 33.0 Å². The first kappa shape index (κ1) is 26.9. The van der Waals surface area contributed by atoms with E-state index in [0.717, 1.165) is 59.3 Å². The van der Waals surface area contributed by atoms with Gasteiger partial charge >= 0.3 is 5.97 Å². The van der Waals surface area contributed by atoms with Gasteiger partial charge in [-0.25, -0.2) is 9.79 Å². The lowest BCUT2D eigenvalue weighted by molar-refractivity contribution is 0.0526. The van der Waals surface area contributed by atoms with Gasteiger partial charge < -0.3 is 9.47 Å². The Hall–Kier alpha value is -4.26. The molecule has 1 aliphatic heterocycles. The molecular formula is C35H32N2O3S. The van der Waals surface area contributed by atoms with Gasteiger partial charge in [0.05, 0.1) is 12.2 Å². The lowest BCUT2D eigenvalue weighted by Gasteiger charge is -2.27. The number of aliphatic imine (C=N–C) groups is 1. The molecule has 6 rings (SSSR count). The standard InChI is InChI=1S/C35H32N2O3S/c1-2-39-35(38)33-29-19-20-37(22-25-11-5-3-6-12-25)23-32(29)41-34(33)36-21-30-28-16-10-9-15-27(28)17-18-31(30)40-24-26-13-7-4-8-14-26/h3-18,21H,2,19-20,22-24H2,1H3. The van der Waals surface area contributed by atoms with Gasteiger partial charge in [0.1, 0.15) is 17.4 Å². The van der Waals surface area contributed by atoms with E-state index in [9.17, 15) is 4.79 Å². The molecule has 5 aromatic rings. The van der Waals surface area contributed by atoms with Gasteiger partial charge in [-0.3, -0.25) is 4.90 Å². The van der Waals surface area contributed by atoms with Crippen LogP contribution in [0.2, 0.25) is 0 Å². The molecule has 4 aromatic carbocycles. The van der Waals surface area contributed by atoms with Gasteiger partial charge in [0, 0.05) is 36.3 Å². The molecule has 0 bridgehead atoms. The molecule has 0 atom stereocenters. The van der Waals surface area contributed by atoms with Gasteiger partial charge in [-0.05, 0) is 46.9 Å². The summed E-state index contributed by atoms with van der Waals surface area (Å²) in [6.07, 6.45) is 2.65. The Kier molecular flexibility index (Phi) is 8.21. The number of ether oxygens (including phenoxy) is 2. The SMILES string of the molecule is CCOC(=O)c1c(N=Cc2c(OCc3ccccc3)ccc3ccccc23)sc2c1CCN(Cc1ccccc1)C2. The summed E-state index contributed by atoms with van der Waals surface area (Å²) in [6.45, 7) is 5.18. The van der Waals surface area contributed by atoms with Crippen LogP contribution in [-0.4, -0.2) is 30.2 Å². The molecule has 206 valence electrons. The second-order valence-corrected chi connectivity index (χ2v) is 11.2. The third-order valence-corrected chi connectivity index (χ3v) is 8.45. The fraction of sp³-hybridized carbons (Fsp3) is 0.200. The molecule has 0 saturated carbocycles. The minimum absolute atomic E-state index is 0.299. The topological polar surface area (TPSA) is 51.1 Å². The van der Waals surface area contributed by atoms with E-state index in [-0.39, 0.29) is 5.97 Å². The highest BCUT2D eigenvalue weighted by molar-refractivity contribution is 7.16. The maximum atomic E-state index is 13.2. The Balaban J connectivity index is 1.34. The second kappa shape index (κ2) is 12.5. The molecule has 2 heterocycles. The van der Waals surface area contributed by atoms with Crippen LogP contribution in [0.15, 0.2) is 102 Å². The first-order chi connectivity index (χ1) is 20.2. The number of fused-ring (bicyclic) bond motifs is 2. The number of hydrogen-bond acceptors (Lipinski definition) is 6. The molecule has 0 N–H and O–H groups in total. The van der Waals surface area contributed by atoms with Crippen LogP contribution < -0.4 is 4.74 Å². The first-order valence-electron chi connectivity index (χ1n) is 14.0. The quantitative estimate of drug-likeness (QED) is 0.136. The Morgan fingerprint density at radius 3 is 2.44 bits per heavy atom. The van der Waals surface area contributed by atoms with E-state index in [1.165, 1.54) is 10.4 Å². The van der Waals surface area contributed by atoms with Crippen LogP contribution in [0, 0.1) is 0 Å². The summed E-state index contributed by atoms with van der Waals surface area (Å²) in [5.41, 5.74) is 4.96. The normalized spacial score (nSPS) is 13.4. The van der Waals surface area contributed by atoms with Crippen molar-refractivity contribution in [1.29, 1.82) is 0 Å². The summed E-state index contributed by atoms with van der Waals surface area (Å²) in [6, 6.07) is 32.9. The van der Waals surface area contributed by atoms with E-state index >= 15 is 0 Å². The number of hydrogen-bond donors (Lipinski definition) is 0. The molecular weight excluding hydrogens is 528 g/mol. The van der Waals surface area contributed by atoms with Crippen LogP contribution in [0.1, 0.15) is 44.4 Å². The van der Waals surface area contributed by atoms with Crippen molar-refractivity contribution in [3.63, 3.8) is 0 Å². The average Bonchev–Trinajstić information content (AvgIpc) is 3.38.